The summed E-state index contributed by atoms with van der Waals surface area (Å²) in [6.45, 7) is 9.23. The summed E-state index contributed by atoms with van der Waals surface area (Å²) in [5, 5.41) is 0. The first-order valence-electron chi connectivity index (χ1n) is 10.0. The highest BCUT2D eigenvalue weighted by Crippen LogP contribution is 2.24. The first kappa shape index (κ1) is 18.7. The van der Waals surface area contributed by atoms with Crippen LogP contribution in [0.15, 0.2) is 18.2 Å². The second-order valence-corrected chi connectivity index (χ2v) is 7.86. The molecule has 0 spiro atoms. The Labute approximate surface area is 153 Å². The van der Waals surface area contributed by atoms with Crippen molar-refractivity contribution in [2.45, 2.75) is 38.6 Å². The van der Waals surface area contributed by atoms with Crippen LogP contribution in [0.25, 0.3) is 0 Å². The van der Waals surface area contributed by atoms with Gasteiger partial charge in [-0.2, -0.15) is 0 Å². The average Bonchev–Trinajstić information content (AvgIpc) is 2.64. The van der Waals surface area contributed by atoms with Gasteiger partial charge in [0.2, 0.25) is 0 Å². The minimum absolute atomic E-state index is 0.804. The molecule has 0 aliphatic carbocycles. The number of piperidine rings is 1. The lowest BCUT2D eigenvalue weighted by atomic mass is 9.99. The molecule has 4 nitrogen and oxygen atoms in total. The summed E-state index contributed by atoms with van der Waals surface area (Å²) < 4.78 is 5.93. The normalized spacial score (nSPS) is 19.2. The number of rotatable bonds is 8. The maximum atomic E-state index is 5.93. The van der Waals surface area contributed by atoms with E-state index >= 15 is 0 Å². The van der Waals surface area contributed by atoms with E-state index in [1.54, 1.807) is 0 Å². The fourth-order valence-corrected chi connectivity index (χ4v) is 3.91. The summed E-state index contributed by atoms with van der Waals surface area (Å²) in [6, 6.07) is 6.71. The Balaban J connectivity index is 1.43. The summed E-state index contributed by atoms with van der Waals surface area (Å²) in [4.78, 5) is 7.47. The Kier molecular flexibility index (Phi) is 7.14. The molecular weight excluding hydrogens is 310 g/mol. The molecule has 0 radical (unpaired) electrons. The molecule has 0 aromatic heterocycles. The fourth-order valence-electron chi connectivity index (χ4n) is 3.91. The molecule has 2 aliphatic rings. The fraction of sp³-hybridized carbons (Fsp3) is 0.714. The maximum Gasteiger partial charge on any atom is 0.119 e. The van der Waals surface area contributed by atoms with E-state index in [1.165, 1.54) is 63.1 Å². The van der Waals surface area contributed by atoms with Gasteiger partial charge in [-0.15, -0.1) is 0 Å². The molecule has 0 atom stereocenters. The molecule has 1 fully saturated rings. The van der Waals surface area contributed by atoms with Gasteiger partial charge >= 0.3 is 0 Å². The zero-order valence-corrected chi connectivity index (χ0v) is 16.2. The van der Waals surface area contributed by atoms with Crippen LogP contribution in [-0.4, -0.2) is 74.7 Å². The van der Waals surface area contributed by atoms with Crippen molar-refractivity contribution in [1.82, 2.24) is 14.7 Å². The van der Waals surface area contributed by atoms with Gasteiger partial charge in [0.05, 0.1) is 6.61 Å². The molecule has 4 heteroatoms. The van der Waals surface area contributed by atoms with Crippen LogP contribution in [0.5, 0.6) is 5.75 Å². The Hall–Kier alpha value is -1.10. The van der Waals surface area contributed by atoms with Gasteiger partial charge in [-0.25, -0.2) is 0 Å². The molecule has 3 rings (SSSR count). The highest BCUT2D eigenvalue weighted by molar-refractivity contribution is 5.37. The highest BCUT2D eigenvalue weighted by atomic mass is 16.5. The van der Waals surface area contributed by atoms with Gasteiger partial charge in [0.15, 0.2) is 0 Å². The average molecular weight is 346 g/mol. The van der Waals surface area contributed by atoms with Crippen molar-refractivity contribution in [3.8, 4) is 5.75 Å². The summed E-state index contributed by atoms with van der Waals surface area (Å²) >= 11 is 0. The van der Waals surface area contributed by atoms with Gasteiger partial charge in [0.25, 0.3) is 0 Å². The smallest absolute Gasteiger partial charge is 0.119 e. The molecule has 140 valence electrons. The number of nitrogens with zero attached hydrogens (tertiary/aromatic N) is 3. The summed E-state index contributed by atoms with van der Waals surface area (Å²) in [5.41, 5.74) is 2.98. The Morgan fingerprint density at radius 3 is 2.56 bits per heavy atom. The highest BCUT2D eigenvalue weighted by Gasteiger charge is 2.18. The molecule has 1 saturated heterocycles. The van der Waals surface area contributed by atoms with Crippen molar-refractivity contribution in [3.05, 3.63) is 29.3 Å². The van der Waals surface area contributed by atoms with Crippen molar-refractivity contribution in [2.75, 3.05) is 60.0 Å². The van der Waals surface area contributed by atoms with E-state index < -0.39 is 0 Å². The predicted molar refractivity (Wildman–Crippen MR) is 104 cm³/mol. The van der Waals surface area contributed by atoms with Crippen LogP contribution in [0.2, 0.25) is 0 Å². The third kappa shape index (κ3) is 5.98. The molecule has 25 heavy (non-hydrogen) atoms. The van der Waals surface area contributed by atoms with Crippen molar-refractivity contribution >= 4 is 0 Å². The standard InChI is InChI=1S/C21H35N3O/c1-22(2)10-6-16-25-21-8-7-20-18-24(13-9-19(20)17-21)15-14-23-11-4-3-5-12-23/h7-8,17H,3-6,9-16,18H2,1-2H3. The Bertz CT molecular complexity index is 526. The zero-order valence-electron chi connectivity index (χ0n) is 16.2. The number of hydrogen-bond acceptors (Lipinski definition) is 4. The van der Waals surface area contributed by atoms with Gasteiger partial charge < -0.3 is 14.5 Å². The largest absolute Gasteiger partial charge is 0.494 e. The van der Waals surface area contributed by atoms with Gasteiger partial charge in [0.1, 0.15) is 5.75 Å². The number of benzene rings is 1. The van der Waals surface area contributed by atoms with E-state index in [-0.39, 0.29) is 0 Å². The molecular formula is C21H35N3O. The quantitative estimate of drug-likeness (QED) is 0.674. The summed E-state index contributed by atoms with van der Waals surface area (Å²) in [5.74, 6) is 1.04. The minimum Gasteiger partial charge on any atom is -0.494 e. The second kappa shape index (κ2) is 9.56. The van der Waals surface area contributed by atoms with Gasteiger partial charge in [0, 0.05) is 32.7 Å². The number of ether oxygens (including phenoxy) is 1. The van der Waals surface area contributed by atoms with Crippen LogP contribution in [0.1, 0.15) is 36.8 Å². The number of hydrogen-bond donors (Lipinski definition) is 0. The molecule has 1 aromatic rings. The van der Waals surface area contributed by atoms with Crippen LogP contribution in [0.3, 0.4) is 0 Å². The van der Waals surface area contributed by atoms with Crippen molar-refractivity contribution in [3.63, 3.8) is 0 Å². The minimum atomic E-state index is 0.804. The summed E-state index contributed by atoms with van der Waals surface area (Å²) in [7, 11) is 4.21. The van der Waals surface area contributed by atoms with Crippen LogP contribution in [0.4, 0.5) is 0 Å². The first-order valence-corrected chi connectivity index (χ1v) is 10.0. The monoisotopic (exact) mass is 345 g/mol. The van der Waals surface area contributed by atoms with E-state index in [9.17, 15) is 0 Å². The first-order chi connectivity index (χ1) is 12.2. The molecule has 0 bridgehead atoms. The molecule has 2 aliphatic heterocycles. The van der Waals surface area contributed by atoms with Crippen LogP contribution >= 0.6 is 0 Å². The summed E-state index contributed by atoms with van der Waals surface area (Å²) in [6.07, 6.45) is 6.44. The van der Waals surface area contributed by atoms with Crippen molar-refractivity contribution in [1.29, 1.82) is 0 Å². The van der Waals surface area contributed by atoms with Crippen molar-refractivity contribution in [2.24, 2.45) is 0 Å². The van der Waals surface area contributed by atoms with Crippen LogP contribution in [0, 0.1) is 0 Å². The van der Waals surface area contributed by atoms with E-state index in [0.29, 0.717) is 0 Å². The zero-order chi connectivity index (χ0) is 17.5. The third-order valence-corrected chi connectivity index (χ3v) is 5.47. The topological polar surface area (TPSA) is 19.0 Å². The van der Waals surface area contributed by atoms with E-state index in [2.05, 4.69) is 47.0 Å². The molecule has 1 aromatic carbocycles. The molecule has 0 N–H and O–H groups in total. The molecule has 0 unspecified atom stereocenters. The van der Waals surface area contributed by atoms with E-state index in [0.717, 1.165) is 38.3 Å². The third-order valence-electron chi connectivity index (χ3n) is 5.47. The number of fused-ring (bicyclic) bond motifs is 1. The molecule has 0 amide bonds. The lowest BCUT2D eigenvalue weighted by molar-refractivity contribution is 0.173. The van der Waals surface area contributed by atoms with Gasteiger partial charge in [-0.1, -0.05) is 12.5 Å². The van der Waals surface area contributed by atoms with Crippen molar-refractivity contribution < 1.29 is 4.74 Å². The van der Waals surface area contributed by atoms with Gasteiger partial charge in [-0.05, 0) is 76.1 Å². The lowest BCUT2D eigenvalue weighted by Gasteiger charge is -2.32. The molecule has 0 saturated carbocycles. The SMILES string of the molecule is CN(C)CCCOc1ccc2c(c1)CCN(CCN1CCCCC1)C2. The van der Waals surface area contributed by atoms with E-state index in [4.69, 9.17) is 4.74 Å². The Morgan fingerprint density at radius 1 is 0.960 bits per heavy atom. The lowest BCUT2D eigenvalue weighted by Crippen LogP contribution is -2.39. The van der Waals surface area contributed by atoms with Crippen LogP contribution in [-0.2, 0) is 13.0 Å². The second-order valence-electron chi connectivity index (χ2n) is 7.86. The number of likely N-dealkylation sites (tertiary alicyclic amines) is 1. The maximum absolute atomic E-state index is 5.93. The van der Waals surface area contributed by atoms with E-state index in [1.807, 2.05) is 0 Å². The predicted octanol–water partition coefficient (Wildman–Crippen LogP) is 2.86. The molecule has 2 heterocycles. The Morgan fingerprint density at radius 2 is 1.76 bits per heavy atom. The van der Waals surface area contributed by atoms with Crippen LogP contribution < -0.4 is 4.74 Å². The van der Waals surface area contributed by atoms with Gasteiger partial charge in [-0.3, -0.25) is 4.90 Å².